The molecule has 74 valence electrons. The number of hydrogen-bond acceptors (Lipinski definition) is 2. The minimum absolute atomic E-state index is 0.294. The van der Waals surface area contributed by atoms with Gasteiger partial charge in [0.05, 0.1) is 4.92 Å². The van der Waals surface area contributed by atoms with Crippen LogP contribution in [0.3, 0.4) is 0 Å². The second kappa shape index (κ2) is 4.40. The van der Waals surface area contributed by atoms with Crippen LogP contribution in [0.5, 0.6) is 0 Å². The zero-order valence-electron chi connectivity index (χ0n) is 8.32. The molecule has 1 aliphatic carbocycles. The van der Waals surface area contributed by atoms with Gasteiger partial charge in [-0.2, -0.15) is 0 Å². The first-order chi connectivity index (χ1) is 6.09. The van der Waals surface area contributed by atoms with Gasteiger partial charge in [0.15, 0.2) is 0 Å². The lowest BCUT2D eigenvalue weighted by Crippen LogP contribution is -2.11. The van der Waals surface area contributed by atoms with Crippen molar-refractivity contribution >= 4 is 0 Å². The summed E-state index contributed by atoms with van der Waals surface area (Å²) in [5.74, 6) is 1.25. The maximum absolute atomic E-state index is 10.4. The molecule has 0 amide bonds. The fourth-order valence-corrected chi connectivity index (χ4v) is 1.85. The molecule has 1 rings (SSSR count). The van der Waals surface area contributed by atoms with Gasteiger partial charge < -0.3 is 0 Å². The van der Waals surface area contributed by atoms with Crippen LogP contribution in [0.2, 0.25) is 0 Å². The van der Waals surface area contributed by atoms with Crippen molar-refractivity contribution in [3.05, 3.63) is 21.9 Å². The van der Waals surface area contributed by atoms with Gasteiger partial charge in [0.1, 0.15) is 0 Å². The SMILES string of the molecule is C/C(=C/C1CCC(C)CC1)[N+](=O)[O-]. The summed E-state index contributed by atoms with van der Waals surface area (Å²) >= 11 is 0. The molecule has 0 radical (unpaired) electrons. The Morgan fingerprint density at radius 1 is 1.38 bits per heavy atom. The molecule has 0 aromatic rings. The van der Waals surface area contributed by atoms with E-state index in [-0.39, 0.29) is 4.92 Å². The summed E-state index contributed by atoms with van der Waals surface area (Å²) in [4.78, 5) is 10.1. The Labute approximate surface area is 79.0 Å². The Morgan fingerprint density at radius 2 is 1.92 bits per heavy atom. The molecule has 0 unspecified atom stereocenters. The van der Waals surface area contributed by atoms with Crippen molar-refractivity contribution in [3.8, 4) is 0 Å². The van der Waals surface area contributed by atoms with Gasteiger partial charge in [-0.25, -0.2) is 0 Å². The molecular weight excluding hydrogens is 166 g/mol. The topological polar surface area (TPSA) is 43.1 Å². The quantitative estimate of drug-likeness (QED) is 0.488. The van der Waals surface area contributed by atoms with E-state index >= 15 is 0 Å². The number of nitrogens with zero attached hydrogens (tertiary/aromatic N) is 1. The van der Waals surface area contributed by atoms with Crippen molar-refractivity contribution in [1.82, 2.24) is 0 Å². The van der Waals surface area contributed by atoms with E-state index in [0.29, 0.717) is 11.6 Å². The van der Waals surface area contributed by atoms with E-state index in [1.165, 1.54) is 12.8 Å². The highest BCUT2D eigenvalue weighted by atomic mass is 16.6. The third-order valence-electron chi connectivity index (χ3n) is 2.83. The van der Waals surface area contributed by atoms with Crippen LogP contribution < -0.4 is 0 Å². The lowest BCUT2D eigenvalue weighted by atomic mass is 9.83. The summed E-state index contributed by atoms with van der Waals surface area (Å²) in [6.45, 7) is 3.83. The molecule has 0 saturated heterocycles. The molecule has 13 heavy (non-hydrogen) atoms. The van der Waals surface area contributed by atoms with Crippen LogP contribution in [0.1, 0.15) is 39.5 Å². The van der Waals surface area contributed by atoms with Crippen LogP contribution in [0, 0.1) is 22.0 Å². The zero-order chi connectivity index (χ0) is 9.84. The van der Waals surface area contributed by atoms with Crippen molar-refractivity contribution < 1.29 is 4.92 Å². The van der Waals surface area contributed by atoms with E-state index in [2.05, 4.69) is 6.92 Å². The molecule has 1 aliphatic rings. The van der Waals surface area contributed by atoms with Crippen molar-refractivity contribution in [2.45, 2.75) is 39.5 Å². The Hall–Kier alpha value is -0.860. The van der Waals surface area contributed by atoms with Gasteiger partial charge in [0.25, 0.3) is 0 Å². The summed E-state index contributed by atoms with van der Waals surface area (Å²) in [6, 6.07) is 0. The molecule has 0 heterocycles. The van der Waals surface area contributed by atoms with Crippen molar-refractivity contribution in [1.29, 1.82) is 0 Å². The van der Waals surface area contributed by atoms with Gasteiger partial charge in [-0.15, -0.1) is 0 Å². The molecular formula is C10H17NO2. The first kappa shape index (κ1) is 10.2. The van der Waals surface area contributed by atoms with Crippen LogP contribution in [0.4, 0.5) is 0 Å². The van der Waals surface area contributed by atoms with Crippen LogP contribution in [0.25, 0.3) is 0 Å². The second-order valence-corrected chi connectivity index (χ2v) is 4.09. The molecule has 3 heteroatoms. The first-order valence-electron chi connectivity index (χ1n) is 4.92. The first-order valence-corrected chi connectivity index (χ1v) is 4.92. The van der Waals surface area contributed by atoms with Crippen LogP contribution in [-0.2, 0) is 0 Å². The van der Waals surface area contributed by atoms with Gasteiger partial charge in [-0.3, -0.25) is 10.1 Å². The summed E-state index contributed by atoms with van der Waals surface area (Å²) in [5.41, 5.74) is 0.305. The molecule has 1 saturated carbocycles. The molecule has 3 nitrogen and oxygen atoms in total. The summed E-state index contributed by atoms with van der Waals surface area (Å²) < 4.78 is 0. The second-order valence-electron chi connectivity index (χ2n) is 4.09. The standard InChI is InChI=1S/C10H17NO2/c1-8-3-5-10(6-4-8)7-9(2)11(12)13/h7-8,10H,3-6H2,1-2H3/b9-7-. The van der Waals surface area contributed by atoms with Crippen molar-refractivity contribution in [2.24, 2.45) is 11.8 Å². The molecule has 0 bridgehead atoms. The van der Waals surface area contributed by atoms with E-state index in [9.17, 15) is 10.1 Å². The lowest BCUT2D eigenvalue weighted by molar-refractivity contribution is -0.424. The number of allylic oxidation sites excluding steroid dienone is 2. The predicted octanol–water partition coefficient (Wildman–Crippen LogP) is 2.99. The number of hydrogen-bond donors (Lipinski definition) is 0. The summed E-state index contributed by atoms with van der Waals surface area (Å²) in [6.07, 6.45) is 6.49. The number of rotatable bonds is 2. The molecule has 0 spiro atoms. The summed E-state index contributed by atoms with van der Waals surface area (Å²) in [7, 11) is 0. The third kappa shape index (κ3) is 3.17. The molecule has 0 aliphatic heterocycles. The smallest absolute Gasteiger partial charge is 0.239 e. The highest BCUT2D eigenvalue weighted by molar-refractivity contribution is 4.94. The van der Waals surface area contributed by atoms with E-state index in [1.54, 1.807) is 6.92 Å². The summed E-state index contributed by atoms with van der Waals surface area (Å²) in [5, 5.41) is 10.4. The van der Waals surface area contributed by atoms with Gasteiger partial charge in [-0.05, 0) is 30.8 Å². The van der Waals surface area contributed by atoms with E-state index < -0.39 is 0 Å². The molecule has 0 atom stereocenters. The predicted molar refractivity (Wildman–Crippen MR) is 51.9 cm³/mol. The fourth-order valence-electron chi connectivity index (χ4n) is 1.85. The molecule has 0 N–H and O–H groups in total. The maximum atomic E-state index is 10.4. The minimum Gasteiger partial charge on any atom is -0.259 e. The average molecular weight is 183 g/mol. The normalized spacial score (nSPS) is 30.2. The van der Waals surface area contributed by atoms with Gasteiger partial charge in [0.2, 0.25) is 5.70 Å². The Kier molecular flexibility index (Phi) is 3.46. The maximum Gasteiger partial charge on any atom is 0.239 e. The largest absolute Gasteiger partial charge is 0.259 e. The third-order valence-corrected chi connectivity index (χ3v) is 2.83. The van der Waals surface area contributed by atoms with Gasteiger partial charge >= 0.3 is 0 Å². The van der Waals surface area contributed by atoms with Crippen molar-refractivity contribution in [2.75, 3.05) is 0 Å². The Balaban J connectivity index is 2.46. The van der Waals surface area contributed by atoms with Gasteiger partial charge in [-0.1, -0.05) is 19.8 Å². The Bertz CT molecular complexity index is 215. The van der Waals surface area contributed by atoms with Crippen LogP contribution in [0.15, 0.2) is 11.8 Å². The van der Waals surface area contributed by atoms with E-state index in [1.807, 2.05) is 6.08 Å². The van der Waals surface area contributed by atoms with E-state index in [4.69, 9.17) is 0 Å². The number of nitro groups is 1. The van der Waals surface area contributed by atoms with E-state index in [0.717, 1.165) is 18.8 Å². The van der Waals surface area contributed by atoms with Crippen molar-refractivity contribution in [3.63, 3.8) is 0 Å². The van der Waals surface area contributed by atoms with Crippen LogP contribution >= 0.6 is 0 Å². The lowest BCUT2D eigenvalue weighted by Gasteiger charge is -2.23. The highest BCUT2D eigenvalue weighted by Crippen LogP contribution is 2.29. The molecule has 0 aromatic carbocycles. The fraction of sp³-hybridized carbons (Fsp3) is 0.800. The average Bonchev–Trinajstić information content (AvgIpc) is 2.08. The Morgan fingerprint density at radius 3 is 2.38 bits per heavy atom. The highest BCUT2D eigenvalue weighted by Gasteiger charge is 2.18. The molecule has 1 fully saturated rings. The van der Waals surface area contributed by atoms with Crippen LogP contribution in [-0.4, -0.2) is 4.92 Å². The minimum atomic E-state index is -0.294. The monoisotopic (exact) mass is 183 g/mol. The molecule has 0 aromatic heterocycles. The zero-order valence-corrected chi connectivity index (χ0v) is 8.32. The van der Waals surface area contributed by atoms with Gasteiger partial charge in [0, 0.05) is 6.92 Å².